The third kappa shape index (κ3) is 4.80. The molecule has 0 bridgehead atoms. The van der Waals surface area contributed by atoms with Gasteiger partial charge in [0, 0.05) is 13.1 Å². The molecule has 3 rings (SSSR count). The van der Waals surface area contributed by atoms with Crippen molar-refractivity contribution in [2.75, 3.05) is 38.3 Å². The number of methoxy groups -OCH3 is 1. The van der Waals surface area contributed by atoms with Crippen molar-refractivity contribution in [2.45, 2.75) is 11.5 Å². The van der Waals surface area contributed by atoms with E-state index in [1.165, 1.54) is 12.1 Å². The predicted molar refractivity (Wildman–Crippen MR) is 103 cm³/mol. The van der Waals surface area contributed by atoms with E-state index in [1.807, 2.05) is 4.90 Å². The first-order chi connectivity index (χ1) is 13.4. The van der Waals surface area contributed by atoms with Crippen LogP contribution in [0.4, 0.5) is 5.69 Å². The second-order valence-electron chi connectivity index (χ2n) is 6.25. The molecule has 2 N–H and O–H groups in total. The zero-order valence-electron chi connectivity index (χ0n) is 15.5. The minimum Gasteiger partial charge on any atom is -0.497 e. The number of primary sulfonamides is 1. The number of carbonyl (C=O) groups is 1. The van der Waals surface area contributed by atoms with Crippen LogP contribution in [0.2, 0.25) is 0 Å². The van der Waals surface area contributed by atoms with E-state index in [-0.39, 0.29) is 17.1 Å². The first-order valence-corrected chi connectivity index (χ1v) is 10.2. The van der Waals surface area contributed by atoms with Gasteiger partial charge in [-0.3, -0.25) is 0 Å². The Hall–Kier alpha value is -2.62. The number of hydrogen-bond donors (Lipinski definition) is 1. The van der Waals surface area contributed by atoms with E-state index >= 15 is 0 Å². The van der Waals surface area contributed by atoms with Crippen LogP contribution in [-0.2, 0) is 26.1 Å². The second-order valence-corrected chi connectivity index (χ2v) is 7.81. The summed E-state index contributed by atoms with van der Waals surface area (Å²) in [5.74, 6) is 0.0218. The van der Waals surface area contributed by atoms with Gasteiger partial charge in [-0.15, -0.1) is 0 Å². The highest BCUT2D eigenvalue weighted by Gasteiger charge is 2.22. The number of sulfonamides is 1. The first kappa shape index (κ1) is 20.1. The normalized spacial score (nSPS) is 14.6. The maximum absolute atomic E-state index is 12.8. The van der Waals surface area contributed by atoms with Gasteiger partial charge in [0.05, 0.1) is 36.5 Å². The Bertz CT molecular complexity index is 955. The summed E-state index contributed by atoms with van der Waals surface area (Å²) in [5, 5.41) is 5.22. The van der Waals surface area contributed by atoms with Crippen molar-refractivity contribution in [3.8, 4) is 5.75 Å². The van der Waals surface area contributed by atoms with Crippen LogP contribution in [0.15, 0.2) is 47.4 Å². The molecule has 28 heavy (non-hydrogen) atoms. The van der Waals surface area contributed by atoms with E-state index in [4.69, 9.17) is 19.3 Å². The molecule has 0 amide bonds. The molecule has 2 aromatic carbocycles. The Morgan fingerprint density at radius 2 is 1.93 bits per heavy atom. The van der Waals surface area contributed by atoms with E-state index in [1.54, 1.807) is 37.4 Å². The highest BCUT2D eigenvalue weighted by Crippen LogP contribution is 2.26. The lowest BCUT2D eigenvalue weighted by Crippen LogP contribution is -2.37. The minimum absolute atomic E-state index is 0.0260. The van der Waals surface area contributed by atoms with E-state index in [2.05, 4.69) is 0 Å². The molecule has 2 aromatic rings. The molecule has 0 aliphatic carbocycles. The summed E-state index contributed by atoms with van der Waals surface area (Å²) in [5.41, 5.74) is 1.49. The maximum atomic E-state index is 12.8. The molecule has 0 radical (unpaired) electrons. The van der Waals surface area contributed by atoms with Crippen molar-refractivity contribution in [1.29, 1.82) is 0 Å². The third-order valence-electron chi connectivity index (χ3n) is 4.37. The fraction of sp³-hybridized carbons (Fsp3) is 0.316. The van der Waals surface area contributed by atoms with Crippen molar-refractivity contribution in [3.05, 3.63) is 53.6 Å². The third-order valence-corrected chi connectivity index (χ3v) is 5.28. The standard InChI is InChI=1S/C19H22N2O6S/c1-25-15-4-2-3-14(11-15)13-27-19(22)17-12-16(28(20,23)24)5-6-18(17)21-7-9-26-10-8-21/h2-6,11-12H,7-10,13H2,1H3,(H2,20,23,24). The van der Waals surface area contributed by atoms with Gasteiger partial charge in [-0.25, -0.2) is 18.4 Å². The number of morpholine rings is 1. The molecule has 150 valence electrons. The summed E-state index contributed by atoms with van der Waals surface area (Å²) in [6.45, 7) is 2.25. The molecule has 1 saturated heterocycles. The fourth-order valence-corrected chi connectivity index (χ4v) is 3.46. The first-order valence-electron chi connectivity index (χ1n) is 8.68. The number of esters is 1. The van der Waals surface area contributed by atoms with Gasteiger partial charge in [0.15, 0.2) is 0 Å². The molecule has 1 aliphatic heterocycles. The SMILES string of the molecule is COc1cccc(COC(=O)c2cc(S(N)(=O)=O)ccc2N2CCOCC2)c1. The molecule has 0 unspecified atom stereocenters. The molecule has 0 saturated carbocycles. The summed E-state index contributed by atoms with van der Waals surface area (Å²) >= 11 is 0. The van der Waals surface area contributed by atoms with Crippen LogP contribution in [0.5, 0.6) is 5.75 Å². The number of hydrogen-bond acceptors (Lipinski definition) is 7. The topological polar surface area (TPSA) is 108 Å². The van der Waals surface area contributed by atoms with E-state index in [0.29, 0.717) is 37.7 Å². The van der Waals surface area contributed by atoms with Gasteiger partial charge < -0.3 is 19.1 Å². The predicted octanol–water partition coefficient (Wildman–Crippen LogP) is 1.54. The molecule has 0 spiro atoms. The number of nitrogens with two attached hydrogens (primary N) is 1. The van der Waals surface area contributed by atoms with Gasteiger partial charge in [-0.1, -0.05) is 12.1 Å². The smallest absolute Gasteiger partial charge is 0.340 e. The van der Waals surface area contributed by atoms with Crippen molar-refractivity contribution >= 4 is 21.7 Å². The van der Waals surface area contributed by atoms with E-state index < -0.39 is 16.0 Å². The molecule has 1 aliphatic rings. The second kappa shape index (κ2) is 8.59. The molecule has 1 heterocycles. The van der Waals surface area contributed by atoms with Gasteiger partial charge in [0.25, 0.3) is 0 Å². The Kier molecular flexibility index (Phi) is 6.18. The zero-order valence-corrected chi connectivity index (χ0v) is 16.3. The Balaban J connectivity index is 1.86. The summed E-state index contributed by atoms with van der Waals surface area (Å²) in [6.07, 6.45) is 0. The minimum atomic E-state index is -3.95. The van der Waals surface area contributed by atoms with Gasteiger partial charge in [0.1, 0.15) is 12.4 Å². The van der Waals surface area contributed by atoms with Crippen LogP contribution < -0.4 is 14.8 Å². The van der Waals surface area contributed by atoms with Crippen LogP contribution in [0, 0.1) is 0 Å². The van der Waals surface area contributed by atoms with Crippen molar-refractivity contribution in [1.82, 2.24) is 0 Å². The number of rotatable bonds is 6. The van der Waals surface area contributed by atoms with Crippen molar-refractivity contribution in [3.63, 3.8) is 0 Å². The monoisotopic (exact) mass is 406 g/mol. The molecule has 8 nitrogen and oxygen atoms in total. The number of nitrogens with zero attached hydrogens (tertiary/aromatic N) is 1. The number of anilines is 1. The molecule has 0 atom stereocenters. The quantitative estimate of drug-likeness (QED) is 0.725. The summed E-state index contributed by atoms with van der Waals surface area (Å²) in [7, 11) is -2.40. The van der Waals surface area contributed by atoms with Gasteiger partial charge >= 0.3 is 5.97 Å². The van der Waals surface area contributed by atoms with E-state index in [0.717, 1.165) is 5.56 Å². The largest absolute Gasteiger partial charge is 0.497 e. The Labute approximate surface area is 163 Å². The van der Waals surface area contributed by atoms with Crippen molar-refractivity contribution < 1.29 is 27.4 Å². The van der Waals surface area contributed by atoms with E-state index in [9.17, 15) is 13.2 Å². The van der Waals surface area contributed by atoms with Crippen LogP contribution in [0.25, 0.3) is 0 Å². The van der Waals surface area contributed by atoms with Crippen LogP contribution >= 0.6 is 0 Å². The lowest BCUT2D eigenvalue weighted by molar-refractivity contribution is 0.0472. The van der Waals surface area contributed by atoms with Crippen LogP contribution in [0.1, 0.15) is 15.9 Å². The van der Waals surface area contributed by atoms with Crippen LogP contribution in [-0.4, -0.2) is 47.8 Å². The number of carbonyl (C=O) groups excluding carboxylic acids is 1. The highest BCUT2D eigenvalue weighted by molar-refractivity contribution is 7.89. The molecule has 1 fully saturated rings. The summed E-state index contributed by atoms with van der Waals surface area (Å²) < 4.78 is 39.4. The number of ether oxygens (including phenoxy) is 3. The van der Waals surface area contributed by atoms with Gasteiger partial charge in [-0.05, 0) is 35.9 Å². The molecule has 0 aromatic heterocycles. The zero-order chi connectivity index (χ0) is 20.1. The lowest BCUT2D eigenvalue weighted by Gasteiger charge is -2.30. The Morgan fingerprint density at radius 3 is 2.61 bits per heavy atom. The maximum Gasteiger partial charge on any atom is 0.340 e. The number of benzene rings is 2. The average Bonchev–Trinajstić information content (AvgIpc) is 2.71. The average molecular weight is 406 g/mol. The Morgan fingerprint density at radius 1 is 1.18 bits per heavy atom. The van der Waals surface area contributed by atoms with Gasteiger partial charge in [0.2, 0.25) is 10.0 Å². The van der Waals surface area contributed by atoms with Crippen LogP contribution in [0.3, 0.4) is 0 Å². The van der Waals surface area contributed by atoms with Gasteiger partial charge in [-0.2, -0.15) is 0 Å². The summed E-state index contributed by atoms with van der Waals surface area (Å²) in [6, 6.07) is 11.4. The molecule has 9 heteroatoms. The highest BCUT2D eigenvalue weighted by atomic mass is 32.2. The summed E-state index contributed by atoms with van der Waals surface area (Å²) in [4.78, 5) is 14.6. The molecular formula is C19H22N2O6S. The van der Waals surface area contributed by atoms with Crippen molar-refractivity contribution in [2.24, 2.45) is 5.14 Å². The molecular weight excluding hydrogens is 384 g/mol. The lowest BCUT2D eigenvalue weighted by atomic mass is 10.1. The fourth-order valence-electron chi connectivity index (χ4n) is 2.92.